The van der Waals surface area contributed by atoms with E-state index in [4.69, 9.17) is 4.42 Å². The van der Waals surface area contributed by atoms with Crippen LogP contribution in [0.3, 0.4) is 0 Å². The van der Waals surface area contributed by atoms with Gasteiger partial charge in [-0.25, -0.2) is 0 Å². The van der Waals surface area contributed by atoms with Gasteiger partial charge in [-0.15, -0.1) is 0 Å². The predicted octanol–water partition coefficient (Wildman–Crippen LogP) is 4.88. The average molecular weight is 336 g/mol. The predicted molar refractivity (Wildman–Crippen MR) is 97.0 cm³/mol. The van der Waals surface area contributed by atoms with E-state index in [1.54, 1.807) is 24.3 Å². The maximum Gasteiger partial charge on any atom is 0.280 e. The zero-order chi connectivity index (χ0) is 17.6. The first-order chi connectivity index (χ1) is 12.2. The molecule has 5 nitrogen and oxygen atoms in total. The minimum Gasteiger partial charge on any atom is -0.459 e. The van der Waals surface area contributed by atoms with E-state index in [9.17, 15) is 10.1 Å². The molecule has 0 amide bonds. The second-order valence-corrected chi connectivity index (χ2v) is 5.83. The first-order valence-corrected chi connectivity index (χ1v) is 8.26. The van der Waals surface area contributed by atoms with Gasteiger partial charge in [0.25, 0.3) is 5.69 Å². The van der Waals surface area contributed by atoms with Gasteiger partial charge in [0.05, 0.1) is 17.0 Å². The lowest BCUT2D eigenvalue weighted by molar-refractivity contribution is -0.384. The molecule has 3 aromatic rings. The van der Waals surface area contributed by atoms with Crippen LogP contribution in [0.4, 0.5) is 5.69 Å². The standard InChI is InChI=1S/C20H20N2O3/c1-2-21(14-16-8-4-3-5-9-16)15-17-12-13-20(25-17)18-10-6-7-11-19(18)22(23)24/h3-13H,2,14-15H2,1H3. The fourth-order valence-corrected chi connectivity index (χ4v) is 2.79. The Kier molecular flexibility index (Phi) is 5.26. The number of hydrogen-bond donors (Lipinski definition) is 0. The summed E-state index contributed by atoms with van der Waals surface area (Å²) in [6.45, 7) is 4.48. The molecule has 0 atom stereocenters. The maximum absolute atomic E-state index is 11.2. The molecule has 0 spiro atoms. The molecule has 3 rings (SSSR count). The van der Waals surface area contributed by atoms with Crippen molar-refractivity contribution in [2.75, 3.05) is 6.54 Å². The number of nitro benzene ring substituents is 1. The Balaban J connectivity index is 1.76. The lowest BCUT2D eigenvalue weighted by Crippen LogP contribution is -2.21. The summed E-state index contributed by atoms with van der Waals surface area (Å²) in [5.74, 6) is 1.32. The van der Waals surface area contributed by atoms with E-state index in [1.165, 1.54) is 11.6 Å². The minimum absolute atomic E-state index is 0.0556. The van der Waals surface area contributed by atoms with E-state index in [0.29, 0.717) is 17.9 Å². The molecule has 0 N–H and O–H groups in total. The summed E-state index contributed by atoms with van der Waals surface area (Å²) >= 11 is 0. The van der Waals surface area contributed by atoms with Gasteiger partial charge in [0.1, 0.15) is 11.5 Å². The van der Waals surface area contributed by atoms with E-state index >= 15 is 0 Å². The third-order valence-electron chi connectivity index (χ3n) is 4.10. The van der Waals surface area contributed by atoms with Gasteiger partial charge in [-0.1, -0.05) is 49.4 Å². The molecule has 0 saturated heterocycles. The fraction of sp³-hybridized carbons (Fsp3) is 0.200. The molecule has 5 heteroatoms. The lowest BCUT2D eigenvalue weighted by Gasteiger charge is -2.19. The van der Waals surface area contributed by atoms with Crippen molar-refractivity contribution >= 4 is 5.69 Å². The molecule has 0 fully saturated rings. The zero-order valence-corrected chi connectivity index (χ0v) is 14.1. The third-order valence-corrected chi connectivity index (χ3v) is 4.10. The fourth-order valence-electron chi connectivity index (χ4n) is 2.79. The number of para-hydroxylation sites is 1. The van der Waals surface area contributed by atoms with Crippen LogP contribution >= 0.6 is 0 Å². The average Bonchev–Trinajstić information content (AvgIpc) is 3.10. The van der Waals surface area contributed by atoms with E-state index < -0.39 is 0 Å². The number of hydrogen-bond acceptors (Lipinski definition) is 4. The van der Waals surface area contributed by atoms with Crippen LogP contribution in [0.1, 0.15) is 18.2 Å². The Morgan fingerprint density at radius 2 is 1.68 bits per heavy atom. The SMILES string of the molecule is CCN(Cc1ccccc1)Cc1ccc(-c2ccccc2[N+](=O)[O-])o1. The first-order valence-electron chi connectivity index (χ1n) is 8.26. The van der Waals surface area contributed by atoms with E-state index in [2.05, 4.69) is 24.0 Å². The van der Waals surface area contributed by atoms with Crippen LogP contribution in [0.2, 0.25) is 0 Å². The normalized spacial score (nSPS) is 11.0. The van der Waals surface area contributed by atoms with Crippen LogP contribution in [-0.2, 0) is 13.1 Å². The van der Waals surface area contributed by atoms with Gasteiger partial charge in [0, 0.05) is 12.6 Å². The maximum atomic E-state index is 11.2. The molecular weight excluding hydrogens is 316 g/mol. The number of benzene rings is 2. The highest BCUT2D eigenvalue weighted by Crippen LogP contribution is 2.31. The quantitative estimate of drug-likeness (QED) is 0.456. The summed E-state index contributed by atoms with van der Waals surface area (Å²) in [5.41, 5.74) is 1.81. The summed E-state index contributed by atoms with van der Waals surface area (Å²) in [6.07, 6.45) is 0. The van der Waals surface area contributed by atoms with Crippen LogP contribution in [-0.4, -0.2) is 16.4 Å². The third kappa shape index (κ3) is 4.14. The summed E-state index contributed by atoms with van der Waals surface area (Å²) in [7, 11) is 0. The van der Waals surface area contributed by atoms with Gasteiger partial charge in [-0.05, 0) is 30.3 Å². The minimum atomic E-state index is -0.384. The smallest absolute Gasteiger partial charge is 0.280 e. The van der Waals surface area contributed by atoms with E-state index in [0.717, 1.165) is 18.8 Å². The van der Waals surface area contributed by atoms with Gasteiger partial charge in [0.2, 0.25) is 0 Å². The summed E-state index contributed by atoms with van der Waals surface area (Å²) in [5, 5.41) is 11.2. The molecule has 0 aliphatic carbocycles. The Labute approximate surface area is 146 Å². The topological polar surface area (TPSA) is 59.5 Å². The van der Waals surface area contributed by atoms with Crippen molar-refractivity contribution in [3.63, 3.8) is 0 Å². The molecule has 25 heavy (non-hydrogen) atoms. The summed E-state index contributed by atoms with van der Waals surface area (Å²) < 4.78 is 5.88. The largest absolute Gasteiger partial charge is 0.459 e. The molecule has 1 heterocycles. The molecule has 0 aliphatic heterocycles. The zero-order valence-electron chi connectivity index (χ0n) is 14.1. The van der Waals surface area contributed by atoms with Crippen LogP contribution < -0.4 is 0 Å². The molecule has 2 aromatic carbocycles. The molecule has 0 aliphatic rings. The molecule has 0 saturated carbocycles. The van der Waals surface area contributed by atoms with Crippen molar-refractivity contribution < 1.29 is 9.34 Å². The Morgan fingerprint density at radius 1 is 0.960 bits per heavy atom. The van der Waals surface area contributed by atoms with Crippen LogP contribution in [0.15, 0.2) is 71.1 Å². The van der Waals surface area contributed by atoms with E-state index in [-0.39, 0.29) is 10.6 Å². The van der Waals surface area contributed by atoms with Crippen molar-refractivity contribution in [2.45, 2.75) is 20.0 Å². The summed E-state index contributed by atoms with van der Waals surface area (Å²) in [6, 6.07) is 20.6. The monoisotopic (exact) mass is 336 g/mol. The second-order valence-electron chi connectivity index (χ2n) is 5.83. The molecular formula is C20H20N2O3. The van der Waals surface area contributed by atoms with Crippen molar-refractivity contribution in [3.05, 3.63) is 88.2 Å². The van der Waals surface area contributed by atoms with E-state index in [1.807, 2.05) is 24.3 Å². The van der Waals surface area contributed by atoms with Gasteiger partial charge >= 0.3 is 0 Å². The highest BCUT2D eigenvalue weighted by atomic mass is 16.6. The molecule has 128 valence electrons. The Hall–Kier alpha value is -2.92. The van der Waals surface area contributed by atoms with Crippen molar-refractivity contribution in [3.8, 4) is 11.3 Å². The van der Waals surface area contributed by atoms with Crippen molar-refractivity contribution in [2.24, 2.45) is 0 Å². The van der Waals surface area contributed by atoms with Crippen LogP contribution in [0.5, 0.6) is 0 Å². The van der Waals surface area contributed by atoms with Gasteiger partial charge in [-0.3, -0.25) is 15.0 Å². The number of nitro groups is 1. The van der Waals surface area contributed by atoms with Gasteiger partial charge < -0.3 is 4.42 Å². The Morgan fingerprint density at radius 3 is 2.40 bits per heavy atom. The highest BCUT2D eigenvalue weighted by Gasteiger charge is 2.17. The molecule has 0 bridgehead atoms. The van der Waals surface area contributed by atoms with Crippen LogP contribution in [0.25, 0.3) is 11.3 Å². The van der Waals surface area contributed by atoms with Crippen LogP contribution in [0, 0.1) is 10.1 Å². The highest BCUT2D eigenvalue weighted by molar-refractivity contribution is 5.69. The van der Waals surface area contributed by atoms with Crippen molar-refractivity contribution in [1.82, 2.24) is 4.90 Å². The van der Waals surface area contributed by atoms with Gasteiger partial charge in [-0.2, -0.15) is 0 Å². The van der Waals surface area contributed by atoms with Crippen molar-refractivity contribution in [1.29, 1.82) is 0 Å². The van der Waals surface area contributed by atoms with Gasteiger partial charge in [0.15, 0.2) is 0 Å². The number of rotatable bonds is 7. The summed E-state index contributed by atoms with van der Waals surface area (Å²) in [4.78, 5) is 13.1. The first kappa shape index (κ1) is 16.9. The number of nitrogens with zero attached hydrogens (tertiary/aromatic N) is 2. The number of furan rings is 1. The lowest BCUT2D eigenvalue weighted by atomic mass is 10.1. The molecule has 1 aromatic heterocycles. The second kappa shape index (κ2) is 7.77. The Bertz CT molecular complexity index is 843. The molecule has 0 unspecified atom stereocenters. The molecule has 0 radical (unpaired) electrons.